The van der Waals surface area contributed by atoms with Gasteiger partial charge < -0.3 is 14.8 Å². The number of amides is 1. The minimum absolute atomic E-state index is 0.0340. The second-order valence-electron chi connectivity index (χ2n) is 3.22. The number of nitrogens with zero attached hydrogens (tertiary/aromatic N) is 1. The van der Waals surface area contributed by atoms with Gasteiger partial charge in [-0.25, -0.2) is 9.78 Å². The molecule has 1 aromatic rings. The quantitative estimate of drug-likeness (QED) is 0.902. The largest absolute Gasteiger partial charge is 0.481 e. The van der Waals surface area contributed by atoms with Crippen molar-refractivity contribution in [1.29, 1.82) is 0 Å². The molecule has 1 heterocycles. The van der Waals surface area contributed by atoms with E-state index in [0.29, 0.717) is 5.56 Å². The number of carbonyl (C=O) groups is 1. The number of nitrogens with one attached hydrogen (secondary N) is 1. The fraction of sp³-hybridized carbons (Fsp3) is 0.400. The molecular weight excluding hydrogens is 253 g/mol. The van der Waals surface area contributed by atoms with Crippen molar-refractivity contribution in [3.05, 3.63) is 23.9 Å². The molecule has 1 amide bonds. The van der Waals surface area contributed by atoms with Crippen molar-refractivity contribution < 1.29 is 27.4 Å². The zero-order valence-electron chi connectivity index (χ0n) is 9.45. The van der Waals surface area contributed by atoms with Crippen LogP contribution in [-0.4, -0.2) is 31.0 Å². The zero-order chi connectivity index (χ0) is 13.6. The predicted octanol–water partition coefficient (Wildman–Crippen LogP) is 1.88. The minimum atomic E-state index is -4.54. The number of alkyl halides is 3. The number of rotatable bonds is 4. The molecule has 0 radical (unpaired) electrons. The standard InChI is InChI=1S/C10H11F3N2O3/c1-17-8-7(3-2-4-14-8)5-15-9(16)18-6-10(11,12)13/h2-4H,5-6H2,1H3,(H,15,16). The van der Waals surface area contributed by atoms with Crippen molar-refractivity contribution in [2.75, 3.05) is 13.7 Å². The van der Waals surface area contributed by atoms with E-state index >= 15 is 0 Å². The molecule has 1 rings (SSSR count). The molecule has 5 nitrogen and oxygen atoms in total. The summed E-state index contributed by atoms with van der Waals surface area (Å²) in [5, 5.41) is 2.17. The lowest BCUT2D eigenvalue weighted by Gasteiger charge is -2.10. The van der Waals surface area contributed by atoms with Crippen molar-refractivity contribution in [2.24, 2.45) is 0 Å². The van der Waals surface area contributed by atoms with Gasteiger partial charge in [0.05, 0.1) is 13.7 Å². The summed E-state index contributed by atoms with van der Waals surface area (Å²) in [7, 11) is 1.40. The summed E-state index contributed by atoms with van der Waals surface area (Å²) in [5.41, 5.74) is 0.531. The first kappa shape index (κ1) is 14.1. The van der Waals surface area contributed by atoms with Crippen molar-refractivity contribution in [1.82, 2.24) is 10.3 Å². The van der Waals surface area contributed by atoms with E-state index in [1.807, 2.05) is 0 Å². The molecule has 0 unspecified atom stereocenters. The maximum atomic E-state index is 11.8. The molecule has 0 aliphatic heterocycles. The lowest BCUT2D eigenvalue weighted by atomic mass is 10.3. The normalized spacial score (nSPS) is 10.9. The third kappa shape index (κ3) is 4.89. The van der Waals surface area contributed by atoms with Crippen LogP contribution in [0.15, 0.2) is 18.3 Å². The number of aromatic nitrogens is 1. The molecule has 0 spiro atoms. The number of carbonyl (C=O) groups excluding carboxylic acids is 1. The number of ether oxygens (including phenoxy) is 2. The number of hydrogen-bond donors (Lipinski definition) is 1. The molecule has 0 aromatic carbocycles. The van der Waals surface area contributed by atoms with Crippen LogP contribution in [0.5, 0.6) is 5.88 Å². The lowest BCUT2D eigenvalue weighted by molar-refractivity contribution is -0.160. The predicted molar refractivity (Wildman–Crippen MR) is 55.0 cm³/mol. The van der Waals surface area contributed by atoms with Gasteiger partial charge in [-0.3, -0.25) is 0 Å². The molecule has 0 fully saturated rings. The van der Waals surface area contributed by atoms with Crippen LogP contribution in [0.2, 0.25) is 0 Å². The third-order valence-corrected chi connectivity index (χ3v) is 1.83. The molecule has 18 heavy (non-hydrogen) atoms. The number of halogens is 3. The Morgan fingerprint density at radius 1 is 1.50 bits per heavy atom. The fourth-order valence-electron chi connectivity index (χ4n) is 1.11. The zero-order valence-corrected chi connectivity index (χ0v) is 9.45. The van der Waals surface area contributed by atoms with Gasteiger partial charge in [0.1, 0.15) is 0 Å². The van der Waals surface area contributed by atoms with Crippen molar-refractivity contribution in [3.8, 4) is 5.88 Å². The topological polar surface area (TPSA) is 60.5 Å². The fourth-order valence-corrected chi connectivity index (χ4v) is 1.11. The van der Waals surface area contributed by atoms with Crippen LogP contribution < -0.4 is 10.1 Å². The average Bonchev–Trinajstić information content (AvgIpc) is 2.33. The van der Waals surface area contributed by atoms with E-state index in [1.165, 1.54) is 13.3 Å². The van der Waals surface area contributed by atoms with E-state index in [0.717, 1.165) is 0 Å². The molecule has 1 N–H and O–H groups in total. The van der Waals surface area contributed by atoms with Crippen molar-refractivity contribution >= 4 is 6.09 Å². The molecule has 0 bridgehead atoms. The number of alkyl carbamates (subject to hydrolysis) is 1. The van der Waals surface area contributed by atoms with Crippen molar-refractivity contribution in [2.45, 2.75) is 12.7 Å². The average molecular weight is 264 g/mol. The van der Waals surface area contributed by atoms with Crippen LogP contribution >= 0.6 is 0 Å². The SMILES string of the molecule is COc1ncccc1CNC(=O)OCC(F)(F)F. The first-order valence-corrected chi connectivity index (χ1v) is 4.87. The Hall–Kier alpha value is -1.99. The van der Waals surface area contributed by atoms with Gasteiger partial charge in [-0.2, -0.15) is 13.2 Å². The van der Waals surface area contributed by atoms with Crippen molar-refractivity contribution in [3.63, 3.8) is 0 Å². The molecule has 0 saturated heterocycles. The summed E-state index contributed by atoms with van der Waals surface area (Å²) in [5.74, 6) is 0.286. The molecular formula is C10H11F3N2O3. The number of pyridine rings is 1. The van der Waals surface area contributed by atoms with Gasteiger partial charge in [-0.15, -0.1) is 0 Å². The summed E-state index contributed by atoms with van der Waals surface area (Å²) >= 11 is 0. The van der Waals surface area contributed by atoms with E-state index in [4.69, 9.17) is 4.74 Å². The summed E-state index contributed by atoms with van der Waals surface area (Å²) in [4.78, 5) is 14.8. The first-order valence-electron chi connectivity index (χ1n) is 4.87. The Morgan fingerprint density at radius 2 is 2.22 bits per heavy atom. The van der Waals surface area contributed by atoms with E-state index in [-0.39, 0.29) is 12.4 Å². The van der Waals surface area contributed by atoms with Gasteiger partial charge in [0.2, 0.25) is 5.88 Å². The third-order valence-electron chi connectivity index (χ3n) is 1.83. The Balaban J connectivity index is 2.43. The van der Waals surface area contributed by atoms with Gasteiger partial charge in [-0.05, 0) is 6.07 Å². The first-order chi connectivity index (χ1) is 8.42. The monoisotopic (exact) mass is 264 g/mol. The maximum Gasteiger partial charge on any atom is 0.422 e. The second-order valence-corrected chi connectivity index (χ2v) is 3.22. The molecule has 0 aliphatic carbocycles. The van der Waals surface area contributed by atoms with Gasteiger partial charge in [-0.1, -0.05) is 6.07 Å². The molecule has 0 aliphatic rings. The highest BCUT2D eigenvalue weighted by atomic mass is 19.4. The smallest absolute Gasteiger partial charge is 0.422 e. The van der Waals surface area contributed by atoms with Crippen LogP contribution in [0, 0.1) is 0 Å². The van der Waals surface area contributed by atoms with E-state index in [1.54, 1.807) is 12.1 Å². The summed E-state index contributed by atoms with van der Waals surface area (Å²) in [6.45, 7) is -1.66. The van der Waals surface area contributed by atoms with Gasteiger partial charge in [0, 0.05) is 11.8 Å². The molecule has 0 atom stereocenters. The Bertz CT molecular complexity index is 410. The van der Waals surface area contributed by atoms with Crippen LogP contribution in [-0.2, 0) is 11.3 Å². The van der Waals surface area contributed by atoms with Gasteiger partial charge in [0.15, 0.2) is 6.61 Å². The van der Waals surface area contributed by atoms with Crippen LogP contribution in [0.1, 0.15) is 5.56 Å². The number of hydrogen-bond acceptors (Lipinski definition) is 4. The highest BCUT2D eigenvalue weighted by Crippen LogP contribution is 2.15. The Kier molecular flexibility index (Phi) is 4.75. The molecule has 8 heteroatoms. The van der Waals surface area contributed by atoms with Gasteiger partial charge in [0.25, 0.3) is 0 Å². The van der Waals surface area contributed by atoms with E-state index < -0.39 is 18.9 Å². The van der Waals surface area contributed by atoms with E-state index in [2.05, 4.69) is 15.0 Å². The molecule has 100 valence electrons. The van der Waals surface area contributed by atoms with Crippen LogP contribution in [0.3, 0.4) is 0 Å². The maximum absolute atomic E-state index is 11.8. The van der Waals surface area contributed by atoms with Gasteiger partial charge >= 0.3 is 12.3 Å². The highest BCUT2D eigenvalue weighted by Gasteiger charge is 2.29. The lowest BCUT2D eigenvalue weighted by Crippen LogP contribution is -2.28. The molecule has 0 saturated carbocycles. The molecule has 1 aromatic heterocycles. The summed E-state index contributed by atoms with van der Waals surface area (Å²) in [6.07, 6.45) is -4.20. The Labute approximate surface area is 101 Å². The van der Waals surface area contributed by atoms with Crippen LogP contribution in [0.25, 0.3) is 0 Å². The highest BCUT2D eigenvalue weighted by molar-refractivity contribution is 5.67. The van der Waals surface area contributed by atoms with Crippen LogP contribution in [0.4, 0.5) is 18.0 Å². The summed E-state index contributed by atoms with van der Waals surface area (Å²) < 4.78 is 44.2. The second kappa shape index (κ2) is 6.08. The number of methoxy groups -OCH3 is 1. The van der Waals surface area contributed by atoms with E-state index in [9.17, 15) is 18.0 Å². The summed E-state index contributed by atoms with van der Waals surface area (Å²) in [6, 6.07) is 3.23. The minimum Gasteiger partial charge on any atom is -0.481 e. The Morgan fingerprint density at radius 3 is 2.83 bits per heavy atom.